The minimum atomic E-state index is -3.70. The summed E-state index contributed by atoms with van der Waals surface area (Å²) >= 11 is 0. The molecule has 4 N–H and O–H groups in total. The topological polar surface area (TPSA) is 151 Å². The SMILES string of the molecule is CCS(=O)(=O)CC(CNS(=O)(=O)CC(C)C)C(=O)NC(Cc1ccccc1)C(O)CNCc1cccc(OC)c1. The van der Waals surface area contributed by atoms with Crippen molar-refractivity contribution in [2.24, 2.45) is 11.8 Å². The van der Waals surface area contributed by atoms with Crippen LogP contribution in [0.1, 0.15) is 31.9 Å². The average Bonchev–Trinajstić information content (AvgIpc) is 2.90. The Morgan fingerprint density at radius 3 is 2.25 bits per heavy atom. The van der Waals surface area contributed by atoms with Crippen molar-refractivity contribution in [3.63, 3.8) is 0 Å². The maximum atomic E-state index is 13.4. The van der Waals surface area contributed by atoms with Crippen molar-refractivity contribution in [2.75, 3.05) is 37.5 Å². The van der Waals surface area contributed by atoms with Gasteiger partial charge >= 0.3 is 0 Å². The number of nitrogens with one attached hydrogen (secondary N) is 3. The molecule has 0 aromatic heterocycles. The van der Waals surface area contributed by atoms with E-state index in [9.17, 15) is 26.7 Å². The number of aliphatic hydroxyl groups excluding tert-OH is 1. The summed E-state index contributed by atoms with van der Waals surface area (Å²) in [5.74, 6) is -2.07. The molecule has 0 saturated carbocycles. The highest BCUT2D eigenvalue weighted by molar-refractivity contribution is 7.91. The molecule has 40 heavy (non-hydrogen) atoms. The fourth-order valence-corrected chi connectivity index (χ4v) is 6.69. The minimum Gasteiger partial charge on any atom is -0.497 e. The Hall–Kier alpha value is -2.51. The van der Waals surface area contributed by atoms with Crippen LogP contribution in [0.2, 0.25) is 0 Å². The van der Waals surface area contributed by atoms with Crippen LogP contribution in [0.4, 0.5) is 0 Å². The van der Waals surface area contributed by atoms with Crippen molar-refractivity contribution in [1.82, 2.24) is 15.4 Å². The van der Waals surface area contributed by atoms with Crippen molar-refractivity contribution in [1.29, 1.82) is 0 Å². The van der Waals surface area contributed by atoms with Gasteiger partial charge in [-0.15, -0.1) is 0 Å². The van der Waals surface area contributed by atoms with Gasteiger partial charge in [-0.05, 0) is 35.6 Å². The molecule has 0 aliphatic heterocycles. The first-order valence-corrected chi connectivity index (χ1v) is 16.8. The van der Waals surface area contributed by atoms with Crippen molar-refractivity contribution in [3.8, 4) is 5.75 Å². The molecule has 10 nitrogen and oxygen atoms in total. The summed E-state index contributed by atoms with van der Waals surface area (Å²) in [5, 5.41) is 17.1. The molecule has 224 valence electrons. The molecule has 1 amide bonds. The summed E-state index contributed by atoms with van der Waals surface area (Å²) in [4.78, 5) is 13.4. The number of sulfonamides is 1. The first-order valence-electron chi connectivity index (χ1n) is 13.4. The zero-order chi connectivity index (χ0) is 29.8. The summed E-state index contributed by atoms with van der Waals surface area (Å²) in [6, 6.07) is 16.0. The second-order valence-electron chi connectivity index (χ2n) is 10.3. The number of hydrogen-bond donors (Lipinski definition) is 4. The number of ether oxygens (including phenoxy) is 1. The molecule has 2 aromatic rings. The van der Waals surface area contributed by atoms with Crippen LogP contribution in [0.15, 0.2) is 54.6 Å². The van der Waals surface area contributed by atoms with Crippen LogP contribution >= 0.6 is 0 Å². The summed E-state index contributed by atoms with van der Waals surface area (Å²) in [5.41, 5.74) is 1.82. The number of carbonyl (C=O) groups is 1. The van der Waals surface area contributed by atoms with Crippen LogP contribution in [0.25, 0.3) is 0 Å². The van der Waals surface area contributed by atoms with Crippen LogP contribution < -0.4 is 20.1 Å². The van der Waals surface area contributed by atoms with Gasteiger partial charge in [0.15, 0.2) is 9.84 Å². The predicted molar refractivity (Wildman–Crippen MR) is 157 cm³/mol. The van der Waals surface area contributed by atoms with Gasteiger partial charge < -0.3 is 20.5 Å². The first-order chi connectivity index (χ1) is 18.8. The number of methoxy groups -OCH3 is 1. The number of amides is 1. The zero-order valence-corrected chi connectivity index (χ0v) is 25.3. The van der Waals surface area contributed by atoms with E-state index in [0.717, 1.165) is 11.1 Å². The van der Waals surface area contributed by atoms with Gasteiger partial charge in [0.05, 0.1) is 36.7 Å². The van der Waals surface area contributed by atoms with Gasteiger partial charge in [0.1, 0.15) is 5.75 Å². The number of rotatable bonds is 18. The first kappa shape index (κ1) is 33.7. The van der Waals surface area contributed by atoms with Gasteiger partial charge in [0.25, 0.3) is 0 Å². The molecule has 0 aliphatic carbocycles. The summed E-state index contributed by atoms with van der Waals surface area (Å²) in [6.07, 6.45) is -0.725. The summed E-state index contributed by atoms with van der Waals surface area (Å²) in [7, 11) is -5.72. The van der Waals surface area contributed by atoms with Crippen molar-refractivity contribution < 1.29 is 31.5 Å². The molecular formula is C28H43N3O7S2. The van der Waals surface area contributed by atoms with Gasteiger partial charge in [-0.1, -0.05) is 63.2 Å². The molecule has 0 saturated heterocycles. The second kappa shape index (κ2) is 16.1. The van der Waals surface area contributed by atoms with Crippen molar-refractivity contribution in [2.45, 2.75) is 45.9 Å². The molecular weight excluding hydrogens is 554 g/mol. The molecule has 3 atom stereocenters. The maximum Gasteiger partial charge on any atom is 0.225 e. The van der Waals surface area contributed by atoms with E-state index >= 15 is 0 Å². The fraction of sp³-hybridized carbons (Fsp3) is 0.536. The molecule has 0 heterocycles. The smallest absolute Gasteiger partial charge is 0.225 e. The van der Waals surface area contributed by atoms with E-state index in [1.807, 2.05) is 54.6 Å². The molecule has 0 radical (unpaired) electrons. The van der Waals surface area contributed by atoms with Crippen LogP contribution in [0.5, 0.6) is 5.75 Å². The highest BCUT2D eigenvalue weighted by Gasteiger charge is 2.30. The van der Waals surface area contributed by atoms with Gasteiger partial charge in [-0.25, -0.2) is 21.6 Å². The Morgan fingerprint density at radius 1 is 0.950 bits per heavy atom. The Kier molecular flexibility index (Phi) is 13.5. The number of sulfone groups is 1. The third-order valence-corrected chi connectivity index (χ3v) is 9.78. The Morgan fingerprint density at radius 2 is 1.62 bits per heavy atom. The van der Waals surface area contributed by atoms with Gasteiger partial charge in [0.2, 0.25) is 15.9 Å². The molecule has 3 unspecified atom stereocenters. The number of hydrogen-bond acceptors (Lipinski definition) is 8. The van der Waals surface area contributed by atoms with Gasteiger partial charge in [0, 0.05) is 25.4 Å². The summed E-state index contributed by atoms with van der Waals surface area (Å²) in [6.45, 7) is 5.22. The normalized spacial score (nSPS) is 14.4. The molecule has 0 aliphatic rings. The van der Waals surface area contributed by atoms with E-state index in [4.69, 9.17) is 4.74 Å². The maximum absolute atomic E-state index is 13.4. The largest absolute Gasteiger partial charge is 0.497 e. The minimum absolute atomic E-state index is 0.140. The molecule has 2 aromatic carbocycles. The van der Waals surface area contributed by atoms with E-state index in [0.29, 0.717) is 18.7 Å². The lowest BCUT2D eigenvalue weighted by Gasteiger charge is -2.27. The fourth-order valence-electron chi connectivity index (χ4n) is 4.12. The van der Waals surface area contributed by atoms with Crippen molar-refractivity contribution in [3.05, 3.63) is 65.7 Å². The number of aliphatic hydroxyl groups is 1. The van der Waals surface area contributed by atoms with Gasteiger partial charge in [-0.3, -0.25) is 4.79 Å². The highest BCUT2D eigenvalue weighted by atomic mass is 32.2. The molecule has 0 fully saturated rings. The molecule has 12 heteroatoms. The van der Waals surface area contributed by atoms with Crippen LogP contribution in [-0.4, -0.2) is 77.5 Å². The molecule has 0 spiro atoms. The Labute approximate surface area is 238 Å². The molecule has 0 bridgehead atoms. The Bertz CT molecular complexity index is 1270. The Balaban J connectivity index is 2.18. The lowest BCUT2D eigenvalue weighted by Crippen LogP contribution is -2.52. The van der Waals surface area contributed by atoms with E-state index in [1.165, 1.54) is 6.92 Å². The van der Waals surface area contributed by atoms with Gasteiger partial charge in [-0.2, -0.15) is 0 Å². The van der Waals surface area contributed by atoms with E-state index in [1.54, 1.807) is 21.0 Å². The monoisotopic (exact) mass is 597 g/mol. The summed E-state index contributed by atoms with van der Waals surface area (Å²) < 4.78 is 57.3. The van der Waals surface area contributed by atoms with Crippen LogP contribution in [0.3, 0.4) is 0 Å². The van der Waals surface area contributed by atoms with E-state index < -0.39 is 49.6 Å². The standard InChI is InChI=1S/C28H43N3O7S2/c1-5-39(34,35)20-24(17-30-40(36,37)19-21(2)3)28(33)31-26(15-22-10-7-6-8-11-22)27(32)18-29-16-23-12-9-13-25(14-23)38-4/h6-14,21,24,26-27,29-30,32H,5,15-20H2,1-4H3,(H,31,33). The lowest BCUT2D eigenvalue weighted by molar-refractivity contribution is -0.125. The number of carbonyl (C=O) groups excluding carboxylic acids is 1. The average molecular weight is 598 g/mol. The zero-order valence-electron chi connectivity index (χ0n) is 23.7. The highest BCUT2D eigenvalue weighted by Crippen LogP contribution is 2.13. The quantitative estimate of drug-likeness (QED) is 0.202. The third kappa shape index (κ3) is 12.3. The third-order valence-electron chi connectivity index (χ3n) is 6.28. The van der Waals surface area contributed by atoms with Crippen molar-refractivity contribution >= 4 is 25.8 Å². The lowest BCUT2D eigenvalue weighted by atomic mass is 10.00. The van der Waals surface area contributed by atoms with E-state index in [-0.39, 0.29) is 30.5 Å². The molecule has 2 rings (SSSR count). The number of benzene rings is 2. The predicted octanol–water partition coefficient (Wildman–Crippen LogP) is 1.50. The van der Waals surface area contributed by atoms with Crippen LogP contribution in [0, 0.1) is 11.8 Å². The van der Waals surface area contributed by atoms with E-state index in [2.05, 4.69) is 15.4 Å². The second-order valence-corrected chi connectivity index (χ2v) is 14.5. The van der Waals surface area contributed by atoms with Crippen LogP contribution in [-0.2, 0) is 37.6 Å².